The molecule has 0 bridgehead atoms. The van der Waals surface area contributed by atoms with Gasteiger partial charge < -0.3 is 20.1 Å². The highest BCUT2D eigenvalue weighted by atomic mass is 16.5. The number of ketones is 4. The second-order valence-corrected chi connectivity index (χ2v) is 9.85. The van der Waals surface area contributed by atoms with Crippen molar-refractivity contribution >= 4 is 23.1 Å². The molecule has 3 N–H and O–H groups in total. The average Bonchev–Trinajstić information content (AvgIpc) is 2.89. The largest absolute Gasteiger partial charge is 0.504 e. The minimum absolute atomic E-state index is 0.0205. The average molecular weight is 517 g/mol. The fourth-order valence-corrected chi connectivity index (χ4v) is 4.76. The van der Waals surface area contributed by atoms with Crippen molar-refractivity contribution in [2.45, 2.75) is 104 Å². The maximum Gasteiger partial charge on any atom is 0.227 e. The molecule has 37 heavy (non-hydrogen) atoms. The molecule has 0 spiro atoms. The van der Waals surface area contributed by atoms with Gasteiger partial charge in [0, 0.05) is 22.3 Å². The van der Waals surface area contributed by atoms with Crippen molar-refractivity contribution in [3.05, 3.63) is 45.3 Å². The highest BCUT2D eigenvalue weighted by molar-refractivity contribution is 6.23. The minimum atomic E-state index is -0.673. The van der Waals surface area contributed by atoms with Gasteiger partial charge in [0.25, 0.3) is 0 Å². The summed E-state index contributed by atoms with van der Waals surface area (Å²) in [6.45, 7) is 2.81. The number of Topliss-reactive ketones (excluding diaryl/α,β-unsaturated/α-hetero) is 4. The second kappa shape index (κ2) is 14.5. The molecule has 0 saturated heterocycles. The number of aliphatic hydroxyl groups excluding tert-OH is 3. The fourth-order valence-electron chi connectivity index (χ4n) is 4.76. The summed E-state index contributed by atoms with van der Waals surface area (Å²) < 4.78 is 5.05. The van der Waals surface area contributed by atoms with Crippen molar-refractivity contribution in [3.63, 3.8) is 0 Å². The lowest BCUT2D eigenvalue weighted by Gasteiger charge is -2.18. The Balaban J connectivity index is 1.49. The summed E-state index contributed by atoms with van der Waals surface area (Å²) in [7, 11) is 1.35. The zero-order chi connectivity index (χ0) is 27.5. The number of carbonyl (C=O) groups excluding carboxylic acids is 4. The molecule has 0 amide bonds. The molecule has 0 unspecified atom stereocenters. The van der Waals surface area contributed by atoms with Crippen molar-refractivity contribution in [1.82, 2.24) is 0 Å². The van der Waals surface area contributed by atoms with Gasteiger partial charge in [0.15, 0.2) is 23.0 Å². The smallest absolute Gasteiger partial charge is 0.227 e. The van der Waals surface area contributed by atoms with Gasteiger partial charge in [-0.2, -0.15) is 0 Å². The number of unbranched alkanes of at least 4 members (excludes halogenated alkanes) is 11. The highest BCUT2D eigenvalue weighted by Crippen LogP contribution is 2.28. The first kappa shape index (κ1) is 30.1. The third kappa shape index (κ3) is 7.66. The molecule has 8 heteroatoms. The Hall–Kier alpha value is -3.16. The maximum atomic E-state index is 12.4. The van der Waals surface area contributed by atoms with E-state index in [4.69, 9.17) is 4.74 Å². The zero-order valence-corrected chi connectivity index (χ0v) is 22.3. The van der Waals surface area contributed by atoms with Gasteiger partial charge in [0.2, 0.25) is 23.1 Å². The molecule has 0 aromatic carbocycles. The van der Waals surface area contributed by atoms with Crippen molar-refractivity contribution in [3.8, 4) is 0 Å². The Morgan fingerprint density at radius 2 is 0.838 bits per heavy atom. The van der Waals surface area contributed by atoms with E-state index in [0.29, 0.717) is 19.3 Å². The van der Waals surface area contributed by atoms with Gasteiger partial charge in [-0.05, 0) is 39.5 Å². The summed E-state index contributed by atoms with van der Waals surface area (Å²) in [6, 6.07) is 0. The predicted molar refractivity (Wildman–Crippen MR) is 139 cm³/mol. The van der Waals surface area contributed by atoms with E-state index in [0.717, 1.165) is 70.6 Å². The minimum Gasteiger partial charge on any atom is -0.504 e. The molecule has 0 aromatic heterocycles. The lowest BCUT2D eigenvalue weighted by atomic mass is 9.90. The SMILES string of the molecule is COC1=C(C)C(=O)C(O)=C(CCCCCCCCCCCCCCC2=C(O)C(=O)C(C)=C(O)C2=O)C1=O. The highest BCUT2D eigenvalue weighted by Gasteiger charge is 2.33. The summed E-state index contributed by atoms with van der Waals surface area (Å²) in [5.74, 6) is -3.74. The molecular weight excluding hydrogens is 476 g/mol. The quantitative estimate of drug-likeness (QED) is 0.165. The number of methoxy groups -OCH3 is 1. The van der Waals surface area contributed by atoms with E-state index in [2.05, 4.69) is 0 Å². The lowest BCUT2D eigenvalue weighted by Crippen LogP contribution is -2.24. The van der Waals surface area contributed by atoms with Crippen LogP contribution in [-0.2, 0) is 23.9 Å². The van der Waals surface area contributed by atoms with Crippen LogP contribution in [0.4, 0.5) is 0 Å². The molecule has 0 radical (unpaired) electrons. The van der Waals surface area contributed by atoms with Crippen LogP contribution in [0.5, 0.6) is 0 Å². The van der Waals surface area contributed by atoms with E-state index in [-0.39, 0.29) is 28.1 Å². The number of allylic oxidation sites excluding steroid dienone is 4. The van der Waals surface area contributed by atoms with E-state index in [1.54, 1.807) is 0 Å². The summed E-state index contributed by atoms with van der Waals surface area (Å²) in [6.07, 6.45) is 12.7. The van der Waals surface area contributed by atoms with Crippen LogP contribution in [0.3, 0.4) is 0 Å². The van der Waals surface area contributed by atoms with Gasteiger partial charge in [-0.3, -0.25) is 19.2 Å². The van der Waals surface area contributed by atoms with Crippen LogP contribution < -0.4 is 0 Å². The standard InChI is InChI=1S/C29H40O8/c1-18-22(30)25(33)20(26(34)23(18)31)16-14-12-10-8-6-4-5-7-9-11-13-15-17-21-27(35)24(32)19(2)29(37-3)28(21)36/h30,34-35H,4-17H2,1-3H3. The van der Waals surface area contributed by atoms with Crippen molar-refractivity contribution < 1.29 is 39.2 Å². The van der Waals surface area contributed by atoms with Crippen LogP contribution in [0, 0.1) is 0 Å². The Morgan fingerprint density at radius 3 is 1.24 bits per heavy atom. The van der Waals surface area contributed by atoms with Gasteiger partial charge >= 0.3 is 0 Å². The summed E-state index contributed by atoms with van der Waals surface area (Å²) >= 11 is 0. The third-order valence-electron chi connectivity index (χ3n) is 7.16. The van der Waals surface area contributed by atoms with E-state index in [1.165, 1.54) is 21.0 Å². The van der Waals surface area contributed by atoms with E-state index in [9.17, 15) is 34.5 Å². The fraction of sp³-hybridized carbons (Fsp3) is 0.586. The Morgan fingerprint density at radius 1 is 0.486 bits per heavy atom. The maximum absolute atomic E-state index is 12.4. The molecule has 204 valence electrons. The molecule has 0 fully saturated rings. The first-order valence-corrected chi connectivity index (χ1v) is 13.3. The van der Waals surface area contributed by atoms with Crippen LogP contribution in [0.25, 0.3) is 0 Å². The molecule has 0 saturated carbocycles. The number of hydrogen-bond acceptors (Lipinski definition) is 8. The molecule has 0 atom stereocenters. The van der Waals surface area contributed by atoms with Gasteiger partial charge in [-0.25, -0.2) is 0 Å². The zero-order valence-electron chi connectivity index (χ0n) is 22.3. The first-order valence-electron chi connectivity index (χ1n) is 13.3. The first-order chi connectivity index (χ1) is 17.6. The van der Waals surface area contributed by atoms with E-state index < -0.39 is 40.4 Å². The number of ether oxygens (including phenoxy) is 1. The van der Waals surface area contributed by atoms with E-state index >= 15 is 0 Å². The summed E-state index contributed by atoms with van der Waals surface area (Å²) in [4.78, 5) is 48.4. The molecule has 0 aliphatic heterocycles. The molecule has 2 rings (SSSR count). The molecule has 2 aliphatic carbocycles. The topological polar surface area (TPSA) is 138 Å². The van der Waals surface area contributed by atoms with Crippen LogP contribution in [-0.4, -0.2) is 45.6 Å². The van der Waals surface area contributed by atoms with Crippen LogP contribution in [0.1, 0.15) is 104 Å². The van der Waals surface area contributed by atoms with Gasteiger partial charge in [0.1, 0.15) is 0 Å². The summed E-state index contributed by atoms with van der Waals surface area (Å²) in [5, 5.41) is 29.7. The third-order valence-corrected chi connectivity index (χ3v) is 7.16. The normalized spacial score (nSPS) is 17.1. The van der Waals surface area contributed by atoms with Gasteiger partial charge in [-0.1, -0.05) is 64.2 Å². The Kier molecular flexibility index (Phi) is 11.8. The van der Waals surface area contributed by atoms with Crippen molar-refractivity contribution in [2.75, 3.05) is 7.11 Å². The monoisotopic (exact) mass is 516 g/mol. The number of aliphatic hydroxyl groups is 3. The number of rotatable bonds is 16. The Labute approximate surface area is 218 Å². The predicted octanol–water partition coefficient (Wildman–Crippen LogP) is 6.13. The molecule has 8 nitrogen and oxygen atoms in total. The molecule has 2 aliphatic rings. The van der Waals surface area contributed by atoms with Crippen molar-refractivity contribution in [2.24, 2.45) is 0 Å². The number of carbonyl (C=O) groups is 4. The summed E-state index contributed by atoms with van der Waals surface area (Å²) in [5.41, 5.74) is 0.220. The number of hydrogen-bond donors (Lipinski definition) is 3. The molecule has 0 aromatic rings. The Bertz CT molecular complexity index is 1040. The lowest BCUT2D eigenvalue weighted by molar-refractivity contribution is -0.120. The molecule has 0 heterocycles. The van der Waals surface area contributed by atoms with Crippen LogP contribution in [0.2, 0.25) is 0 Å². The van der Waals surface area contributed by atoms with Gasteiger partial charge in [-0.15, -0.1) is 0 Å². The van der Waals surface area contributed by atoms with Crippen LogP contribution in [0.15, 0.2) is 45.3 Å². The van der Waals surface area contributed by atoms with Crippen LogP contribution >= 0.6 is 0 Å². The second-order valence-electron chi connectivity index (χ2n) is 9.85. The van der Waals surface area contributed by atoms with E-state index in [1.807, 2.05) is 0 Å². The van der Waals surface area contributed by atoms with Crippen molar-refractivity contribution in [1.29, 1.82) is 0 Å². The molecular formula is C29H40O8. The van der Waals surface area contributed by atoms with Gasteiger partial charge in [0.05, 0.1) is 7.11 Å².